The smallest absolute Gasteiger partial charge is 0.295 e. The molecule has 4 rings (SSSR count). The van der Waals surface area contributed by atoms with Gasteiger partial charge in [0, 0.05) is 42.1 Å². The number of ether oxygens (including phenoxy) is 1. The number of methoxy groups -OCH3 is 1. The lowest BCUT2D eigenvalue weighted by Gasteiger charge is -2.26. The summed E-state index contributed by atoms with van der Waals surface area (Å²) in [5.41, 5.74) is 0.0568. The molecule has 162 valence electrons. The molecule has 0 bridgehead atoms. The summed E-state index contributed by atoms with van der Waals surface area (Å²) < 4.78 is 31.2. The summed E-state index contributed by atoms with van der Waals surface area (Å²) in [5.74, 6) is -2.49. The number of aromatic amines is 1. The van der Waals surface area contributed by atoms with Crippen LogP contribution in [-0.4, -0.2) is 35.2 Å². The molecule has 31 heavy (non-hydrogen) atoms. The number of rotatable bonds is 5. The minimum absolute atomic E-state index is 0.0295. The van der Waals surface area contributed by atoms with E-state index in [4.69, 9.17) is 23.2 Å². The predicted molar refractivity (Wildman–Crippen MR) is 115 cm³/mol. The van der Waals surface area contributed by atoms with E-state index in [0.717, 1.165) is 19.2 Å². The number of fused-ring (bicyclic) bond motifs is 3. The minimum Gasteiger partial charge on any atom is -0.387 e. The lowest BCUT2D eigenvalue weighted by molar-refractivity contribution is -0.265. The number of aliphatic hydroxyl groups is 1. The van der Waals surface area contributed by atoms with E-state index in [-0.39, 0.29) is 26.9 Å². The molecule has 1 unspecified atom stereocenters. The second kappa shape index (κ2) is 8.08. The maximum atomic E-state index is 13.3. The van der Waals surface area contributed by atoms with E-state index in [2.05, 4.69) is 25.3 Å². The number of benzene rings is 1. The average molecular weight is 469 g/mol. The molecule has 0 radical (unpaired) electrons. The first-order valence-electron chi connectivity index (χ1n) is 9.03. The highest BCUT2D eigenvalue weighted by Crippen LogP contribution is 2.39. The first-order chi connectivity index (χ1) is 14.8. The second-order valence-corrected chi connectivity index (χ2v) is 7.57. The van der Waals surface area contributed by atoms with Gasteiger partial charge in [0.05, 0.1) is 26.6 Å². The van der Waals surface area contributed by atoms with Gasteiger partial charge in [0.1, 0.15) is 5.82 Å². The molecular formula is C20H16Cl2F2N4O3. The zero-order chi connectivity index (χ0) is 22.3. The number of hydrogen-bond acceptors (Lipinski definition) is 6. The van der Waals surface area contributed by atoms with Crippen LogP contribution in [0.1, 0.15) is 5.56 Å². The average Bonchev–Trinajstić information content (AvgIpc) is 2.75. The molecule has 1 atom stereocenters. The van der Waals surface area contributed by atoms with Crippen LogP contribution in [0, 0.1) is 0 Å². The Kier molecular flexibility index (Phi) is 5.61. The highest BCUT2D eigenvalue weighted by atomic mass is 35.5. The summed E-state index contributed by atoms with van der Waals surface area (Å²) >= 11 is 12.6. The van der Waals surface area contributed by atoms with Crippen molar-refractivity contribution in [3.8, 4) is 0 Å². The van der Waals surface area contributed by atoms with Crippen molar-refractivity contribution in [2.75, 3.05) is 19.0 Å². The van der Waals surface area contributed by atoms with Crippen LogP contribution in [0.25, 0.3) is 23.2 Å². The van der Waals surface area contributed by atoms with Crippen molar-refractivity contribution < 1.29 is 18.6 Å². The van der Waals surface area contributed by atoms with E-state index in [1.807, 2.05) is 6.08 Å². The topological polar surface area (TPSA) is 99.3 Å². The Morgan fingerprint density at radius 3 is 2.65 bits per heavy atom. The first-order valence-corrected chi connectivity index (χ1v) is 9.79. The van der Waals surface area contributed by atoms with Gasteiger partial charge in [0.25, 0.3) is 17.8 Å². The van der Waals surface area contributed by atoms with Crippen LogP contribution < -0.4 is 26.6 Å². The predicted octanol–water partition coefficient (Wildman–Crippen LogP) is 2.15. The molecule has 0 saturated heterocycles. The fourth-order valence-electron chi connectivity index (χ4n) is 3.39. The highest BCUT2D eigenvalue weighted by molar-refractivity contribution is 6.39. The fraction of sp³-hybridized carbons (Fsp3) is 0.200. The fourth-order valence-corrected chi connectivity index (χ4v) is 3.97. The standard InChI is InChI=1S/C20H16Cl2F2N4O3/c1-31-20(30,19(23)24)9-6-12(21)16(13(22)7-9)28-17-10-2-4-25-8-11(10)15-14(27-17)3-5-26-18(15)29/h2-3,5-8,19,25,30H,4H2,1H3,(H,26,29)(H,27,28). The van der Waals surface area contributed by atoms with Crippen molar-refractivity contribution in [3.05, 3.63) is 60.8 Å². The van der Waals surface area contributed by atoms with E-state index in [0.29, 0.717) is 33.7 Å². The third kappa shape index (κ3) is 3.63. The van der Waals surface area contributed by atoms with Crippen LogP contribution in [0.4, 0.5) is 20.3 Å². The summed E-state index contributed by atoms with van der Waals surface area (Å²) in [7, 11) is 0.952. The van der Waals surface area contributed by atoms with Crippen molar-refractivity contribution in [3.63, 3.8) is 0 Å². The van der Waals surface area contributed by atoms with Gasteiger partial charge < -0.3 is 25.5 Å². The van der Waals surface area contributed by atoms with Gasteiger partial charge in [-0.15, -0.1) is 0 Å². The summed E-state index contributed by atoms with van der Waals surface area (Å²) in [5, 5.41) is 17.9. The SMILES string of the molecule is COC(O)(c1cc(Cl)c(Nc2nc3cc[nH]c(=O)c3c3c2=CCNC=3)c(Cl)c1)C(F)F. The number of hydrogen-bond donors (Lipinski definition) is 4. The lowest BCUT2D eigenvalue weighted by atomic mass is 10.1. The Hall–Kier alpha value is -2.72. The van der Waals surface area contributed by atoms with Gasteiger partial charge in [-0.2, -0.15) is 0 Å². The van der Waals surface area contributed by atoms with Crippen molar-refractivity contribution >= 4 is 57.9 Å². The van der Waals surface area contributed by atoms with Gasteiger partial charge in [-0.3, -0.25) is 4.79 Å². The molecule has 7 nitrogen and oxygen atoms in total. The zero-order valence-corrected chi connectivity index (χ0v) is 17.5. The van der Waals surface area contributed by atoms with Crippen molar-refractivity contribution in [2.45, 2.75) is 12.2 Å². The van der Waals surface area contributed by atoms with Gasteiger partial charge >= 0.3 is 0 Å². The number of nitrogens with zero attached hydrogens (tertiary/aromatic N) is 1. The molecule has 1 aliphatic rings. The highest BCUT2D eigenvalue weighted by Gasteiger charge is 2.41. The summed E-state index contributed by atoms with van der Waals surface area (Å²) in [6.07, 6.45) is 1.81. The Morgan fingerprint density at radius 1 is 1.29 bits per heavy atom. The Bertz CT molecular complexity index is 1340. The van der Waals surface area contributed by atoms with Gasteiger partial charge in [-0.05, 0) is 18.2 Å². The van der Waals surface area contributed by atoms with Crippen LogP contribution in [0.3, 0.4) is 0 Å². The number of halogens is 4. The van der Waals surface area contributed by atoms with Crippen molar-refractivity contribution in [2.24, 2.45) is 0 Å². The van der Waals surface area contributed by atoms with E-state index in [1.54, 1.807) is 12.3 Å². The Labute approximate surface area is 184 Å². The van der Waals surface area contributed by atoms with Crippen LogP contribution in [-0.2, 0) is 10.5 Å². The molecule has 3 aromatic rings. The van der Waals surface area contributed by atoms with Gasteiger partial charge in [-0.25, -0.2) is 13.8 Å². The van der Waals surface area contributed by atoms with E-state index >= 15 is 0 Å². The van der Waals surface area contributed by atoms with E-state index < -0.39 is 12.2 Å². The summed E-state index contributed by atoms with van der Waals surface area (Å²) in [6, 6.07) is 3.93. The van der Waals surface area contributed by atoms with Crippen molar-refractivity contribution in [1.29, 1.82) is 0 Å². The molecule has 4 N–H and O–H groups in total. The van der Waals surface area contributed by atoms with Gasteiger partial charge in [0.15, 0.2) is 0 Å². The summed E-state index contributed by atoms with van der Waals surface area (Å²) in [4.78, 5) is 19.5. The molecule has 1 aromatic carbocycles. The number of aromatic nitrogens is 2. The van der Waals surface area contributed by atoms with Gasteiger partial charge in [-0.1, -0.05) is 29.3 Å². The molecule has 0 spiro atoms. The number of anilines is 2. The van der Waals surface area contributed by atoms with Crippen LogP contribution in [0.2, 0.25) is 10.0 Å². The third-order valence-electron chi connectivity index (χ3n) is 4.96. The van der Waals surface area contributed by atoms with Crippen molar-refractivity contribution in [1.82, 2.24) is 15.3 Å². The second-order valence-electron chi connectivity index (χ2n) is 6.75. The Balaban J connectivity index is 1.87. The normalized spacial score (nSPS) is 14.9. The quantitative estimate of drug-likeness (QED) is 0.428. The molecule has 0 aliphatic carbocycles. The maximum absolute atomic E-state index is 13.3. The molecule has 11 heteroatoms. The number of alkyl halides is 2. The third-order valence-corrected chi connectivity index (χ3v) is 5.56. The lowest BCUT2D eigenvalue weighted by Crippen LogP contribution is -2.38. The molecule has 3 heterocycles. The van der Waals surface area contributed by atoms with Crippen LogP contribution in [0.15, 0.2) is 29.2 Å². The number of nitrogens with one attached hydrogen (secondary N) is 3. The largest absolute Gasteiger partial charge is 0.387 e. The molecule has 0 fully saturated rings. The molecular weight excluding hydrogens is 453 g/mol. The summed E-state index contributed by atoms with van der Waals surface area (Å²) in [6.45, 7) is 0.509. The molecule has 1 aliphatic heterocycles. The van der Waals surface area contributed by atoms with Gasteiger partial charge in [0.2, 0.25) is 0 Å². The maximum Gasteiger partial charge on any atom is 0.295 e. The van der Waals surface area contributed by atoms with E-state index in [1.165, 1.54) is 6.20 Å². The molecule has 0 saturated carbocycles. The Morgan fingerprint density at radius 2 is 2.00 bits per heavy atom. The zero-order valence-electron chi connectivity index (χ0n) is 16.0. The first kappa shape index (κ1) is 21.5. The van der Waals surface area contributed by atoms with Crippen LogP contribution >= 0.6 is 23.2 Å². The molecule has 0 amide bonds. The van der Waals surface area contributed by atoms with Crippen LogP contribution in [0.5, 0.6) is 0 Å². The number of H-pyrrole nitrogens is 1. The number of pyridine rings is 2. The minimum atomic E-state index is -3.23. The monoisotopic (exact) mass is 468 g/mol. The molecule has 2 aromatic heterocycles. The van der Waals surface area contributed by atoms with E-state index in [9.17, 15) is 18.7 Å².